The zero-order valence-corrected chi connectivity index (χ0v) is 19.9. The first-order valence-corrected chi connectivity index (χ1v) is 9.30. The summed E-state index contributed by atoms with van der Waals surface area (Å²) in [5.41, 5.74) is 1.21. The van der Waals surface area contributed by atoms with Crippen molar-refractivity contribution in [3.8, 4) is 5.75 Å². The van der Waals surface area contributed by atoms with Crippen molar-refractivity contribution in [2.24, 2.45) is 10.9 Å². The Morgan fingerprint density at radius 2 is 1.96 bits per heavy atom. The predicted molar refractivity (Wildman–Crippen MR) is 124 cm³/mol. The molecule has 0 aliphatic carbocycles. The molecule has 0 amide bonds. The van der Waals surface area contributed by atoms with Gasteiger partial charge >= 0.3 is 0 Å². The van der Waals surface area contributed by atoms with Gasteiger partial charge in [0.05, 0.1) is 13.2 Å². The number of hydrogen-bond donors (Lipinski definition) is 2. The quantitative estimate of drug-likeness (QED) is 0.215. The van der Waals surface area contributed by atoms with Crippen molar-refractivity contribution in [1.29, 1.82) is 0 Å². The SMILES string of the molecule is CN=C(NCCCOCC(C)C)NCC(c1cccc(OC)c1)N(C)C.I. The minimum atomic E-state index is 0. The molecule has 0 fully saturated rings. The summed E-state index contributed by atoms with van der Waals surface area (Å²) in [7, 11) is 7.64. The predicted octanol–water partition coefficient (Wildman–Crippen LogP) is 3.14. The van der Waals surface area contributed by atoms with Gasteiger partial charge in [0.2, 0.25) is 0 Å². The molecule has 0 radical (unpaired) electrons. The highest BCUT2D eigenvalue weighted by Gasteiger charge is 2.15. The summed E-state index contributed by atoms with van der Waals surface area (Å²) in [6.07, 6.45) is 0.959. The van der Waals surface area contributed by atoms with Gasteiger partial charge in [0.25, 0.3) is 0 Å². The van der Waals surface area contributed by atoms with Gasteiger partial charge < -0.3 is 25.0 Å². The van der Waals surface area contributed by atoms with Gasteiger partial charge in [-0.1, -0.05) is 26.0 Å². The highest BCUT2D eigenvalue weighted by atomic mass is 127. The largest absolute Gasteiger partial charge is 0.497 e. The van der Waals surface area contributed by atoms with Crippen LogP contribution >= 0.6 is 24.0 Å². The van der Waals surface area contributed by atoms with Crippen LogP contribution in [0.25, 0.3) is 0 Å². The van der Waals surface area contributed by atoms with Crippen molar-refractivity contribution in [3.05, 3.63) is 29.8 Å². The van der Waals surface area contributed by atoms with Crippen molar-refractivity contribution in [2.45, 2.75) is 26.3 Å². The van der Waals surface area contributed by atoms with E-state index in [0.717, 1.165) is 44.4 Å². The molecule has 0 saturated heterocycles. The molecule has 1 aromatic rings. The van der Waals surface area contributed by atoms with Crippen LogP contribution in [0.3, 0.4) is 0 Å². The maximum absolute atomic E-state index is 5.60. The number of guanidine groups is 1. The first kappa shape index (κ1) is 25.9. The van der Waals surface area contributed by atoms with Gasteiger partial charge in [-0.2, -0.15) is 0 Å². The van der Waals surface area contributed by atoms with Crippen LogP contribution in [0.4, 0.5) is 0 Å². The lowest BCUT2D eigenvalue weighted by Crippen LogP contribution is -2.42. The topological polar surface area (TPSA) is 58.1 Å². The first-order valence-electron chi connectivity index (χ1n) is 9.30. The Kier molecular flexibility index (Phi) is 14.3. The Hall–Kier alpha value is -1.06. The first-order chi connectivity index (χ1) is 12.5. The van der Waals surface area contributed by atoms with E-state index in [9.17, 15) is 0 Å². The van der Waals surface area contributed by atoms with Gasteiger partial charge in [-0.3, -0.25) is 4.99 Å². The molecule has 0 aromatic heterocycles. The minimum Gasteiger partial charge on any atom is -0.497 e. The number of likely N-dealkylation sites (N-methyl/N-ethyl adjacent to an activating group) is 1. The molecule has 2 N–H and O–H groups in total. The number of rotatable bonds is 11. The van der Waals surface area contributed by atoms with E-state index in [4.69, 9.17) is 9.47 Å². The van der Waals surface area contributed by atoms with Crippen molar-refractivity contribution >= 4 is 29.9 Å². The molecule has 156 valence electrons. The fraction of sp³-hybridized carbons (Fsp3) is 0.650. The van der Waals surface area contributed by atoms with Gasteiger partial charge in [0.1, 0.15) is 5.75 Å². The van der Waals surface area contributed by atoms with E-state index in [0.29, 0.717) is 5.92 Å². The summed E-state index contributed by atoms with van der Waals surface area (Å²) in [6.45, 7) is 7.50. The number of nitrogens with zero attached hydrogens (tertiary/aromatic N) is 2. The second-order valence-corrected chi connectivity index (χ2v) is 6.96. The average molecular weight is 492 g/mol. The third-order valence-electron chi connectivity index (χ3n) is 4.00. The second kappa shape index (κ2) is 14.9. The van der Waals surface area contributed by atoms with Gasteiger partial charge in [-0.15, -0.1) is 24.0 Å². The summed E-state index contributed by atoms with van der Waals surface area (Å²) in [6, 6.07) is 8.41. The van der Waals surface area contributed by atoms with E-state index in [2.05, 4.69) is 60.6 Å². The molecule has 0 bridgehead atoms. The minimum absolute atomic E-state index is 0. The average Bonchev–Trinajstić information content (AvgIpc) is 2.62. The number of nitrogens with one attached hydrogen (secondary N) is 2. The highest BCUT2D eigenvalue weighted by molar-refractivity contribution is 14.0. The van der Waals surface area contributed by atoms with E-state index in [-0.39, 0.29) is 30.0 Å². The molecule has 1 aromatic carbocycles. The molecule has 1 unspecified atom stereocenters. The molecule has 7 heteroatoms. The Labute approximate surface area is 182 Å². The molecular formula is C20H37IN4O2. The molecule has 0 saturated carbocycles. The second-order valence-electron chi connectivity index (χ2n) is 6.96. The molecule has 0 heterocycles. The number of halogens is 1. The number of hydrogen-bond acceptors (Lipinski definition) is 4. The molecule has 1 rings (SSSR count). The van der Waals surface area contributed by atoms with Crippen LogP contribution in [-0.4, -0.2) is 65.4 Å². The van der Waals surface area contributed by atoms with Gasteiger partial charge in [-0.05, 0) is 44.1 Å². The third kappa shape index (κ3) is 10.8. The summed E-state index contributed by atoms with van der Waals surface area (Å²) >= 11 is 0. The van der Waals surface area contributed by atoms with Crippen molar-refractivity contribution in [1.82, 2.24) is 15.5 Å². The maximum Gasteiger partial charge on any atom is 0.191 e. The van der Waals surface area contributed by atoms with E-state index in [1.54, 1.807) is 14.2 Å². The van der Waals surface area contributed by atoms with Gasteiger partial charge in [-0.25, -0.2) is 0 Å². The molecule has 0 aliphatic rings. The van der Waals surface area contributed by atoms with Crippen LogP contribution in [0.5, 0.6) is 5.75 Å². The summed E-state index contributed by atoms with van der Waals surface area (Å²) in [5.74, 6) is 2.26. The molecule has 0 spiro atoms. The Bertz CT molecular complexity index is 538. The summed E-state index contributed by atoms with van der Waals surface area (Å²) in [4.78, 5) is 6.49. The van der Waals surface area contributed by atoms with Crippen LogP contribution in [0.2, 0.25) is 0 Å². The number of benzene rings is 1. The molecular weight excluding hydrogens is 455 g/mol. The van der Waals surface area contributed by atoms with Crippen LogP contribution in [0.15, 0.2) is 29.3 Å². The van der Waals surface area contributed by atoms with Crippen molar-refractivity contribution in [3.63, 3.8) is 0 Å². The number of methoxy groups -OCH3 is 1. The number of aliphatic imine (C=N–C) groups is 1. The van der Waals surface area contributed by atoms with E-state index >= 15 is 0 Å². The van der Waals surface area contributed by atoms with Crippen LogP contribution in [0, 0.1) is 5.92 Å². The van der Waals surface area contributed by atoms with Crippen LogP contribution in [-0.2, 0) is 4.74 Å². The Morgan fingerprint density at radius 3 is 2.56 bits per heavy atom. The van der Waals surface area contributed by atoms with E-state index in [1.807, 2.05) is 12.1 Å². The Balaban J connectivity index is 0.00000676. The maximum atomic E-state index is 5.60. The lowest BCUT2D eigenvalue weighted by Gasteiger charge is -2.26. The molecule has 1 atom stereocenters. The smallest absolute Gasteiger partial charge is 0.191 e. The van der Waals surface area contributed by atoms with Crippen molar-refractivity contribution in [2.75, 3.05) is 54.6 Å². The van der Waals surface area contributed by atoms with Crippen LogP contribution in [0.1, 0.15) is 31.9 Å². The fourth-order valence-electron chi connectivity index (χ4n) is 2.56. The fourth-order valence-corrected chi connectivity index (χ4v) is 2.56. The third-order valence-corrected chi connectivity index (χ3v) is 4.00. The normalized spacial score (nSPS) is 12.7. The lowest BCUT2D eigenvalue weighted by molar-refractivity contribution is 0.108. The standard InChI is InChI=1S/C20H36N4O2.HI/c1-16(2)15-26-12-8-11-22-20(21-3)23-14-19(24(4)5)17-9-7-10-18(13-17)25-6;/h7,9-10,13,16,19H,8,11-12,14-15H2,1-6H3,(H2,21,22,23);1H. The molecule has 6 nitrogen and oxygen atoms in total. The molecule has 27 heavy (non-hydrogen) atoms. The van der Waals surface area contributed by atoms with Gasteiger partial charge in [0.15, 0.2) is 5.96 Å². The monoisotopic (exact) mass is 492 g/mol. The number of ether oxygens (including phenoxy) is 2. The van der Waals surface area contributed by atoms with Crippen LogP contribution < -0.4 is 15.4 Å². The lowest BCUT2D eigenvalue weighted by atomic mass is 10.1. The van der Waals surface area contributed by atoms with E-state index < -0.39 is 0 Å². The Morgan fingerprint density at radius 1 is 1.22 bits per heavy atom. The summed E-state index contributed by atoms with van der Waals surface area (Å²) < 4.78 is 10.9. The van der Waals surface area contributed by atoms with E-state index in [1.165, 1.54) is 5.56 Å². The zero-order chi connectivity index (χ0) is 19.4. The zero-order valence-electron chi connectivity index (χ0n) is 17.6. The van der Waals surface area contributed by atoms with Gasteiger partial charge in [0, 0.05) is 33.4 Å². The summed E-state index contributed by atoms with van der Waals surface area (Å²) in [5, 5.41) is 6.75. The van der Waals surface area contributed by atoms with Crippen molar-refractivity contribution < 1.29 is 9.47 Å². The highest BCUT2D eigenvalue weighted by Crippen LogP contribution is 2.21. The molecule has 0 aliphatic heterocycles.